The summed E-state index contributed by atoms with van der Waals surface area (Å²) in [6, 6.07) is 0. The highest BCUT2D eigenvalue weighted by Crippen LogP contribution is 2.26. The molecule has 0 saturated heterocycles. The van der Waals surface area contributed by atoms with E-state index in [1.54, 1.807) is 0 Å². The molecule has 0 bridgehead atoms. The van der Waals surface area contributed by atoms with Crippen LogP contribution in [0.1, 0.15) is 21.7 Å². The first-order valence-corrected chi connectivity index (χ1v) is 5.80. The lowest BCUT2D eigenvalue weighted by Gasteiger charge is -2.02. The predicted molar refractivity (Wildman–Crippen MR) is 64.4 cm³/mol. The number of nitrogens with zero attached hydrogens (tertiary/aromatic N) is 1. The molecule has 0 aliphatic carbocycles. The zero-order valence-corrected chi connectivity index (χ0v) is 10.2. The number of carbonyl (C=O) groups is 1. The zero-order chi connectivity index (χ0) is 12.1. The van der Waals surface area contributed by atoms with Crippen molar-refractivity contribution in [2.45, 2.75) is 13.3 Å². The highest BCUT2D eigenvalue weighted by molar-refractivity contribution is 7.13. The molecule has 0 radical (unpaired) electrons. The number of aryl methyl sites for hydroxylation is 1. The minimum absolute atomic E-state index is 0.0776. The fraction of sp³-hybridized carbons (Fsp3) is 0.333. The molecule has 4 N–H and O–H groups in total. The van der Waals surface area contributed by atoms with Crippen LogP contribution in [0.4, 0.5) is 0 Å². The number of amidine groups is 1. The molecular formula is C9H12ClN3O2S. The van der Waals surface area contributed by atoms with E-state index in [1.807, 2.05) is 12.3 Å². The molecule has 88 valence electrons. The van der Waals surface area contributed by atoms with Crippen LogP contribution < -0.4 is 11.1 Å². The van der Waals surface area contributed by atoms with Gasteiger partial charge in [0, 0.05) is 13.0 Å². The molecule has 16 heavy (non-hydrogen) atoms. The summed E-state index contributed by atoms with van der Waals surface area (Å²) < 4.78 is 0. The Morgan fingerprint density at radius 1 is 1.75 bits per heavy atom. The van der Waals surface area contributed by atoms with E-state index in [0.717, 1.165) is 5.56 Å². The second-order valence-electron chi connectivity index (χ2n) is 3.16. The number of halogens is 1. The molecule has 0 saturated carbocycles. The lowest BCUT2D eigenvalue weighted by Crippen LogP contribution is -2.27. The smallest absolute Gasteiger partial charge is 0.262 e. The van der Waals surface area contributed by atoms with Crippen molar-refractivity contribution >= 4 is 34.7 Å². The molecule has 0 aliphatic heterocycles. The molecule has 1 amide bonds. The van der Waals surface area contributed by atoms with Crippen LogP contribution >= 0.6 is 22.9 Å². The van der Waals surface area contributed by atoms with Crippen molar-refractivity contribution < 1.29 is 10.0 Å². The number of oxime groups is 1. The fourth-order valence-electron chi connectivity index (χ4n) is 1.02. The average Bonchev–Trinajstić information content (AvgIpc) is 2.59. The van der Waals surface area contributed by atoms with Crippen LogP contribution in [-0.4, -0.2) is 23.5 Å². The Bertz CT molecular complexity index is 417. The predicted octanol–water partition coefficient (Wildman–Crippen LogP) is 1.58. The van der Waals surface area contributed by atoms with Crippen molar-refractivity contribution in [2.24, 2.45) is 10.9 Å². The van der Waals surface area contributed by atoms with Crippen molar-refractivity contribution in [3.63, 3.8) is 0 Å². The van der Waals surface area contributed by atoms with Gasteiger partial charge in [-0.1, -0.05) is 16.8 Å². The molecule has 0 aliphatic rings. The molecule has 7 heteroatoms. The van der Waals surface area contributed by atoms with E-state index in [2.05, 4.69) is 10.5 Å². The van der Waals surface area contributed by atoms with Crippen molar-refractivity contribution in [3.8, 4) is 0 Å². The van der Waals surface area contributed by atoms with Gasteiger partial charge in [-0.25, -0.2) is 0 Å². The Balaban J connectivity index is 2.51. The molecule has 1 heterocycles. The van der Waals surface area contributed by atoms with Gasteiger partial charge in [-0.3, -0.25) is 4.79 Å². The summed E-state index contributed by atoms with van der Waals surface area (Å²) in [5.41, 5.74) is 6.14. The van der Waals surface area contributed by atoms with Crippen LogP contribution in [0.25, 0.3) is 0 Å². The monoisotopic (exact) mass is 261 g/mol. The second kappa shape index (κ2) is 5.72. The maximum absolute atomic E-state index is 11.6. The average molecular weight is 262 g/mol. The number of hydrogen-bond donors (Lipinski definition) is 3. The third kappa shape index (κ3) is 3.11. The van der Waals surface area contributed by atoms with Crippen LogP contribution in [0.5, 0.6) is 0 Å². The number of amides is 1. The summed E-state index contributed by atoms with van der Waals surface area (Å²) in [4.78, 5) is 12.1. The number of nitrogens with two attached hydrogens (primary N) is 1. The molecule has 0 spiro atoms. The van der Waals surface area contributed by atoms with Gasteiger partial charge < -0.3 is 16.3 Å². The summed E-state index contributed by atoms with van der Waals surface area (Å²) in [6.45, 7) is 2.15. The van der Waals surface area contributed by atoms with E-state index in [4.69, 9.17) is 22.5 Å². The first kappa shape index (κ1) is 12.8. The fourth-order valence-corrected chi connectivity index (χ4v) is 2.21. The quantitative estimate of drug-likeness (QED) is 0.333. The van der Waals surface area contributed by atoms with Crippen LogP contribution in [0.15, 0.2) is 10.5 Å². The van der Waals surface area contributed by atoms with Gasteiger partial charge in [0.2, 0.25) is 0 Å². The normalized spacial score (nSPS) is 11.5. The highest BCUT2D eigenvalue weighted by atomic mass is 35.5. The standard InChI is InChI=1S/C9H12ClN3O2S/c1-5-4-16-8(7(5)10)9(14)12-3-2-6(11)13-15/h4,15H,2-3H2,1H3,(H2,11,13)(H,12,14). The van der Waals surface area contributed by atoms with E-state index in [0.29, 0.717) is 22.9 Å². The van der Waals surface area contributed by atoms with Crippen molar-refractivity contribution in [2.75, 3.05) is 6.54 Å². The van der Waals surface area contributed by atoms with Gasteiger partial charge in [-0.05, 0) is 17.9 Å². The van der Waals surface area contributed by atoms with E-state index >= 15 is 0 Å². The minimum atomic E-state index is -0.242. The van der Waals surface area contributed by atoms with Crippen LogP contribution in [-0.2, 0) is 0 Å². The lowest BCUT2D eigenvalue weighted by molar-refractivity contribution is 0.0959. The van der Waals surface area contributed by atoms with Crippen molar-refractivity contribution in [3.05, 3.63) is 20.8 Å². The number of thiophene rings is 1. The molecule has 0 aromatic carbocycles. The third-order valence-electron chi connectivity index (χ3n) is 1.90. The molecule has 1 rings (SSSR count). The Labute approximate surface area is 102 Å². The van der Waals surface area contributed by atoms with E-state index < -0.39 is 0 Å². The lowest BCUT2D eigenvalue weighted by atomic mass is 10.3. The van der Waals surface area contributed by atoms with Gasteiger partial charge in [0.15, 0.2) is 0 Å². The Morgan fingerprint density at radius 3 is 2.94 bits per heavy atom. The summed E-state index contributed by atoms with van der Waals surface area (Å²) in [5.74, 6) is -0.164. The first-order valence-electron chi connectivity index (χ1n) is 4.54. The van der Waals surface area contributed by atoms with Gasteiger partial charge in [-0.2, -0.15) is 0 Å². The SMILES string of the molecule is Cc1csc(C(=O)NCCC(N)=NO)c1Cl. The Hall–Kier alpha value is -1.27. The van der Waals surface area contributed by atoms with Crippen molar-refractivity contribution in [1.29, 1.82) is 0 Å². The maximum Gasteiger partial charge on any atom is 0.262 e. The number of rotatable bonds is 4. The number of carbonyl (C=O) groups excluding carboxylic acids is 1. The Kier molecular flexibility index (Phi) is 4.57. The molecule has 0 unspecified atom stereocenters. The molecule has 0 fully saturated rings. The van der Waals surface area contributed by atoms with Gasteiger partial charge in [0.25, 0.3) is 5.91 Å². The third-order valence-corrected chi connectivity index (χ3v) is 3.60. The Morgan fingerprint density at radius 2 is 2.44 bits per heavy atom. The minimum Gasteiger partial charge on any atom is -0.409 e. The second-order valence-corrected chi connectivity index (χ2v) is 4.42. The first-order chi connectivity index (χ1) is 7.56. The van der Waals surface area contributed by atoms with Gasteiger partial charge in [0.1, 0.15) is 10.7 Å². The van der Waals surface area contributed by atoms with E-state index in [1.165, 1.54) is 11.3 Å². The highest BCUT2D eigenvalue weighted by Gasteiger charge is 2.13. The molecular weight excluding hydrogens is 250 g/mol. The molecule has 0 atom stereocenters. The molecule has 1 aromatic heterocycles. The topological polar surface area (TPSA) is 87.7 Å². The van der Waals surface area contributed by atoms with Crippen LogP contribution in [0.2, 0.25) is 5.02 Å². The van der Waals surface area contributed by atoms with Gasteiger partial charge in [-0.15, -0.1) is 11.3 Å². The summed E-state index contributed by atoms with van der Waals surface area (Å²) in [6.07, 6.45) is 0.296. The van der Waals surface area contributed by atoms with E-state index in [-0.39, 0.29) is 11.7 Å². The summed E-state index contributed by atoms with van der Waals surface area (Å²) in [7, 11) is 0. The molecule has 5 nitrogen and oxygen atoms in total. The largest absolute Gasteiger partial charge is 0.409 e. The van der Waals surface area contributed by atoms with Crippen molar-refractivity contribution in [1.82, 2.24) is 5.32 Å². The van der Waals surface area contributed by atoms with E-state index in [9.17, 15) is 4.79 Å². The summed E-state index contributed by atoms with van der Waals surface area (Å²) in [5, 5.41) is 16.0. The van der Waals surface area contributed by atoms with Gasteiger partial charge in [0.05, 0.1) is 5.02 Å². The maximum atomic E-state index is 11.6. The number of hydrogen-bond acceptors (Lipinski definition) is 4. The molecule has 1 aromatic rings. The summed E-state index contributed by atoms with van der Waals surface area (Å²) >= 11 is 7.23. The van der Waals surface area contributed by atoms with Gasteiger partial charge >= 0.3 is 0 Å². The van der Waals surface area contributed by atoms with Crippen LogP contribution in [0, 0.1) is 6.92 Å². The van der Waals surface area contributed by atoms with Crippen LogP contribution in [0.3, 0.4) is 0 Å². The number of nitrogens with one attached hydrogen (secondary N) is 1. The zero-order valence-electron chi connectivity index (χ0n) is 8.66.